The van der Waals surface area contributed by atoms with E-state index in [4.69, 9.17) is 4.74 Å². The molecule has 1 aromatic heterocycles. The van der Waals surface area contributed by atoms with E-state index in [0.29, 0.717) is 41.4 Å². The molecule has 0 aliphatic rings. The monoisotopic (exact) mass is 447 g/mol. The highest BCUT2D eigenvalue weighted by atomic mass is 32.2. The Morgan fingerprint density at radius 2 is 1.87 bits per heavy atom. The molecule has 31 heavy (non-hydrogen) atoms. The molecule has 1 heterocycles. The molecule has 0 aliphatic carbocycles. The number of alkyl halides is 3. The third kappa shape index (κ3) is 6.13. The maximum Gasteiger partial charge on any atom is 0.416 e. The minimum absolute atomic E-state index is 0.348. The van der Waals surface area contributed by atoms with E-state index in [1.807, 2.05) is 28.8 Å². The molecule has 0 radical (unpaired) electrons. The maximum absolute atomic E-state index is 12.9. The minimum atomic E-state index is -4.36. The van der Waals surface area contributed by atoms with Crippen LogP contribution in [0.25, 0.3) is 11.4 Å². The van der Waals surface area contributed by atoms with E-state index in [2.05, 4.69) is 30.6 Å². The molecule has 0 saturated heterocycles. The lowest BCUT2D eigenvalue weighted by Gasteiger charge is -2.11. The minimum Gasteiger partial charge on any atom is -0.493 e. The summed E-state index contributed by atoms with van der Waals surface area (Å²) in [5.41, 5.74) is 0.789. The summed E-state index contributed by atoms with van der Waals surface area (Å²) < 4.78 is 46.5. The highest BCUT2D eigenvalue weighted by Gasteiger charge is 2.30. The van der Waals surface area contributed by atoms with E-state index in [9.17, 15) is 13.2 Å². The Balaban J connectivity index is 1.77. The van der Waals surface area contributed by atoms with Gasteiger partial charge in [-0.25, -0.2) is 0 Å². The van der Waals surface area contributed by atoms with Crippen molar-refractivity contribution >= 4 is 11.8 Å². The second-order valence-corrected chi connectivity index (χ2v) is 8.36. The molecule has 2 aromatic carbocycles. The molecule has 0 spiro atoms. The van der Waals surface area contributed by atoms with Gasteiger partial charge in [0, 0.05) is 17.9 Å². The van der Waals surface area contributed by atoms with Gasteiger partial charge in [0.15, 0.2) is 11.0 Å². The van der Waals surface area contributed by atoms with Gasteiger partial charge in [-0.3, -0.25) is 4.57 Å². The number of halogens is 3. The van der Waals surface area contributed by atoms with Crippen molar-refractivity contribution in [3.63, 3.8) is 0 Å². The van der Waals surface area contributed by atoms with Crippen molar-refractivity contribution < 1.29 is 17.9 Å². The molecule has 0 fully saturated rings. The summed E-state index contributed by atoms with van der Waals surface area (Å²) in [5, 5.41) is 9.17. The van der Waals surface area contributed by atoms with Crippen LogP contribution in [0.15, 0.2) is 66.3 Å². The fraction of sp³-hybridized carbons (Fsp3) is 0.304. The van der Waals surface area contributed by atoms with Crippen LogP contribution in [0.2, 0.25) is 0 Å². The largest absolute Gasteiger partial charge is 0.493 e. The van der Waals surface area contributed by atoms with Gasteiger partial charge in [-0.1, -0.05) is 49.9 Å². The van der Waals surface area contributed by atoms with E-state index in [0.717, 1.165) is 23.4 Å². The van der Waals surface area contributed by atoms with Crippen molar-refractivity contribution in [1.29, 1.82) is 0 Å². The number of nitrogens with zero attached hydrogens (tertiary/aromatic N) is 3. The van der Waals surface area contributed by atoms with E-state index in [-0.39, 0.29) is 0 Å². The van der Waals surface area contributed by atoms with E-state index < -0.39 is 11.7 Å². The van der Waals surface area contributed by atoms with Gasteiger partial charge in [-0.05, 0) is 41.8 Å². The molecule has 0 bridgehead atoms. The van der Waals surface area contributed by atoms with Crippen molar-refractivity contribution in [3.8, 4) is 17.1 Å². The number of rotatable bonds is 9. The van der Waals surface area contributed by atoms with Gasteiger partial charge in [-0.15, -0.1) is 16.8 Å². The van der Waals surface area contributed by atoms with Crippen molar-refractivity contribution in [1.82, 2.24) is 14.8 Å². The van der Waals surface area contributed by atoms with Gasteiger partial charge in [-0.2, -0.15) is 13.2 Å². The van der Waals surface area contributed by atoms with Crippen molar-refractivity contribution in [2.75, 3.05) is 6.61 Å². The highest BCUT2D eigenvalue weighted by molar-refractivity contribution is 7.98. The molecule has 0 unspecified atom stereocenters. The first-order valence-electron chi connectivity index (χ1n) is 9.84. The van der Waals surface area contributed by atoms with Crippen LogP contribution in [-0.2, 0) is 18.5 Å². The number of allylic oxidation sites excluding steroid dienone is 1. The Bertz CT molecular complexity index is 1010. The highest BCUT2D eigenvalue weighted by Crippen LogP contribution is 2.32. The molecular formula is C23H24F3N3OS. The number of hydrogen-bond donors (Lipinski definition) is 0. The van der Waals surface area contributed by atoms with E-state index in [1.165, 1.54) is 17.8 Å². The molecule has 3 aromatic rings. The molecule has 4 nitrogen and oxygen atoms in total. The van der Waals surface area contributed by atoms with Crippen molar-refractivity contribution in [3.05, 3.63) is 72.3 Å². The zero-order valence-corrected chi connectivity index (χ0v) is 18.2. The van der Waals surface area contributed by atoms with Gasteiger partial charge in [0.05, 0.1) is 12.2 Å². The summed E-state index contributed by atoms with van der Waals surface area (Å²) >= 11 is 1.34. The smallest absolute Gasteiger partial charge is 0.416 e. The fourth-order valence-corrected chi connectivity index (χ4v) is 3.74. The molecule has 8 heteroatoms. The SMILES string of the molecule is C=CCn1c(SCc2cccc(C(F)(F)F)c2)nnc1-c1ccc(OCC(C)C)cc1. The van der Waals surface area contributed by atoms with Crippen LogP contribution in [0.3, 0.4) is 0 Å². The molecule has 0 amide bonds. The lowest BCUT2D eigenvalue weighted by Crippen LogP contribution is -2.05. The van der Waals surface area contributed by atoms with Crippen LogP contribution in [0.4, 0.5) is 13.2 Å². The van der Waals surface area contributed by atoms with E-state index in [1.54, 1.807) is 12.1 Å². The van der Waals surface area contributed by atoms with Gasteiger partial charge in [0.1, 0.15) is 5.75 Å². The van der Waals surface area contributed by atoms with Crippen LogP contribution in [0.5, 0.6) is 5.75 Å². The first-order valence-corrected chi connectivity index (χ1v) is 10.8. The molecule has 3 rings (SSSR count). The second kappa shape index (κ2) is 10.0. The summed E-state index contributed by atoms with van der Waals surface area (Å²) in [7, 11) is 0. The van der Waals surface area contributed by atoms with Crippen LogP contribution >= 0.6 is 11.8 Å². The molecular weight excluding hydrogens is 423 g/mol. The average molecular weight is 448 g/mol. The molecule has 0 atom stereocenters. The lowest BCUT2D eigenvalue weighted by molar-refractivity contribution is -0.137. The Morgan fingerprint density at radius 3 is 2.52 bits per heavy atom. The number of benzene rings is 2. The van der Waals surface area contributed by atoms with Crippen LogP contribution < -0.4 is 4.74 Å². The molecule has 0 N–H and O–H groups in total. The zero-order chi connectivity index (χ0) is 22.4. The topological polar surface area (TPSA) is 39.9 Å². The predicted molar refractivity (Wildman–Crippen MR) is 117 cm³/mol. The Labute approximate surface area is 184 Å². The second-order valence-electron chi connectivity index (χ2n) is 7.42. The Kier molecular flexibility index (Phi) is 7.43. The lowest BCUT2D eigenvalue weighted by atomic mass is 10.1. The summed E-state index contributed by atoms with van der Waals surface area (Å²) in [6.07, 6.45) is -2.62. The predicted octanol–water partition coefficient (Wildman–Crippen LogP) is 6.48. The van der Waals surface area contributed by atoms with Gasteiger partial charge in [0.25, 0.3) is 0 Å². The standard InChI is InChI=1S/C23H24F3N3OS/c1-4-12-29-21(18-8-10-20(11-9-18)30-14-16(2)3)27-28-22(29)31-15-17-6-5-7-19(13-17)23(24,25)26/h4-11,13,16H,1,12,14-15H2,2-3H3. The van der Waals surface area contributed by atoms with E-state index >= 15 is 0 Å². The normalized spacial score (nSPS) is 11.7. The fourth-order valence-electron chi connectivity index (χ4n) is 2.85. The third-order valence-electron chi connectivity index (χ3n) is 4.35. The third-order valence-corrected chi connectivity index (χ3v) is 5.38. The number of ether oxygens (including phenoxy) is 1. The average Bonchev–Trinajstić information content (AvgIpc) is 3.13. The Hall–Kier alpha value is -2.74. The summed E-state index contributed by atoms with van der Waals surface area (Å²) in [6.45, 7) is 9.09. The van der Waals surface area contributed by atoms with Gasteiger partial charge in [0.2, 0.25) is 0 Å². The number of thioether (sulfide) groups is 1. The van der Waals surface area contributed by atoms with Crippen LogP contribution in [0, 0.1) is 5.92 Å². The molecule has 0 aliphatic heterocycles. The first kappa shape index (κ1) is 22.9. The number of aromatic nitrogens is 3. The van der Waals surface area contributed by atoms with Crippen molar-refractivity contribution in [2.24, 2.45) is 5.92 Å². The zero-order valence-electron chi connectivity index (χ0n) is 17.4. The van der Waals surface area contributed by atoms with Crippen LogP contribution in [0.1, 0.15) is 25.0 Å². The summed E-state index contributed by atoms with van der Waals surface area (Å²) in [5.74, 6) is 2.24. The van der Waals surface area contributed by atoms with Crippen LogP contribution in [-0.4, -0.2) is 21.4 Å². The Morgan fingerprint density at radius 1 is 1.13 bits per heavy atom. The van der Waals surface area contributed by atoms with Gasteiger partial charge < -0.3 is 4.74 Å². The number of hydrogen-bond acceptors (Lipinski definition) is 4. The molecule has 0 saturated carbocycles. The quantitative estimate of drug-likeness (QED) is 0.278. The molecule has 164 valence electrons. The van der Waals surface area contributed by atoms with Gasteiger partial charge >= 0.3 is 6.18 Å². The summed E-state index contributed by atoms with van der Waals surface area (Å²) in [6, 6.07) is 12.9. The first-order chi connectivity index (χ1) is 14.8. The summed E-state index contributed by atoms with van der Waals surface area (Å²) in [4.78, 5) is 0. The maximum atomic E-state index is 12.9. The van der Waals surface area contributed by atoms with Crippen molar-refractivity contribution in [2.45, 2.75) is 37.5 Å².